The molecule has 2 amide bonds. The van der Waals surface area contributed by atoms with E-state index in [4.69, 9.17) is 5.73 Å². The van der Waals surface area contributed by atoms with Gasteiger partial charge in [0.1, 0.15) is 0 Å². The van der Waals surface area contributed by atoms with Crippen LogP contribution in [0.2, 0.25) is 0 Å². The Morgan fingerprint density at radius 2 is 2.18 bits per heavy atom. The Morgan fingerprint density at radius 3 is 2.82 bits per heavy atom. The number of amides is 2. The van der Waals surface area contributed by atoms with E-state index in [1.54, 1.807) is 0 Å². The molecule has 1 rings (SSSR count). The van der Waals surface area contributed by atoms with Gasteiger partial charge in [-0.05, 0) is 30.0 Å². The maximum atomic E-state index is 11.5. The van der Waals surface area contributed by atoms with Crippen molar-refractivity contribution in [3.8, 4) is 0 Å². The highest BCUT2D eigenvalue weighted by atomic mass is 16.2. The summed E-state index contributed by atoms with van der Waals surface area (Å²) in [7, 11) is 0. The van der Waals surface area contributed by atoms with Gasteiger partial charge in [-0.2, -0.15) is 0 Å². The molecule has 0 aromatic heterocycles. The minimum absolute atomic E-state index is 0.167. The third-order valence-corrected chi connectivity index (χ3v) is 2.43. The van der Waals surface area contributed by atoms with Crippen molar-refractivity contribution in [2.45, 2.75) is 26.8 Å². The lowest BCUT2D eigenvalue weighted by atomic mass is 10.1. The molecular formula is C13H21N3O. The summed E-state index contributed by atoms with van der Waals surface area (Å²) in [6.45, 7) is 5.43. The number of rotatable bonds is 5. The summed E-state index contributed by atoms with van der Waals surface area (Å²) < 4.78 is 0. The summed E-state index contributed by atoms with van der Waals surface area (Å²) in [5, 5.41) is 5.60. The first-order valence-corrected chi connectivity index (χ1v) is 5.95. The molecule has 0 atom stereocenters. The van der Waals surface area contributed by atoms with Crippen LogP contribution in [0.15, 0.2) is 24.3 Å². The van der Waals surface area contributed by atoms with Gasteiger partial charge in [-0.1, -0.05) is 26.0 Å². The lowest BCUT2D eigenvalue weighted by Crippen LogP contribution is -2.30. The highest BCUT2D eigenvalue weighted by Crippen LogP contribution is 2.09. The van der Waals surface area contributed by atoms with E-state index in [0.29, 0.717) is 19.0 Å². The van der Waals surface area contributed by atoms with Gasteiger partial charge >= 0.3 is 6.03 Å². The molecule has 0 saturated carbocycles. The molecular weight excluding hydrogens is 214 g/mol. The van der Waals surface area contributed by atoms with Gasteiger partial charge in [0.05, 0.1) is 0 Å². The minimum Gasteiger partial charge on any atom is -0.338 e. The second kappa shape index (κ2) is 6.91. The summed E-state index contributed by atoms with van der Waals surface area (Å²) in [6.07, 6.45) is 0.982. The molecule has 1 aromatic rings. The zero-order chi connectivity index (χ0) is 12.7. The first kappa shape index (κ1) is 13.5. The quantitative estimate of drug-likeness (QED) is 0.733. The number of urea groups is 1. The molecule has 0 aliphatic heterocycles. The molecule has 0 bridgehead atoms. The molecule has 0 aliphatic carbocycles. The van der Waals surface area contributed by atoms with Crippen LogP contribution in [-0.2, 0) is 6.54 Å². The summed E-state index contributed by atoms with van der Waals surface area (Å²) >= 11 is 0. The van der Waals surface area contributed by atoms with Gasteiger partial charge in [-0.15, -0.1) is 0 Å². The number of carbonyl (C=O) groups excluding carboxylic acids is 1. The fourth-order valence-electron chi connectivity index (χ4n) is 1.43. The van der Waals surface area contributed by atoms with Gasteiger partial charge in [0.25, 0.3) is 0 Å². The van der Waals surface area contributed by atoms with Crippen molar-refractivity contribution >= 4 is 11.7 Å². The largest absolute Gasteiger partial charge is 0.338 e. The summed E-state index contributed by atoms with van der Waals surface area (Å²) in [6, 6.07) is 7.37. The Hall–Kier alpha value is -1.55. The Kier molecular flexibility index (Phi) is 5.49. The predicted octanol–water partition coefficient (Wildman–Crippen LogP) is 2.31. The first-order chi connectivity index (χ1) is 8.11. The highest BCUT2D eigenvalue weighted by Gasteiger charge is 2.02. The third kappa shape index (κ3) is 5.36. The molecule has 0 aliphatic rings. The molecule has 94 valence electrons. The van der Waals surface area contributed by atoms with Crippen LogP contribution in [0.4, 0.5) is 10.5 Å². The average molecular weight is 235 g/mol. The van der Waals surface area contributed by atoms with Crippen LogP contribution in [0.3, 0.4) is 0 Å². The Balaban J connectivity index is 2.39. The van der Waals surface area contributed by atoms with Gasteiger partial charge < -0.3 is 16.4 Å². The monoisotopic (exact) mass is 235 g/mol. The highest BCUT2D eigenvalue weighted by molar-refractivity contribution is 5.89. The van der Waals surface area contributed by atoms with Crippen molar-refractivity contribution in [3.05, 3.63) is 29.8 Å². The molecule has 0 fully saturated rings. The number of hydrogen-bond donors (Lipinski definition) is 3. The lowest BCUT2D eigenvalue weighted by molar-refractivity contribution is 0.251. The van der Waals surface area contributed by atoms with Gasteiger partial charge in [-0.25, -0.2) is 4.79 Å². The SMILES string of the molecule is CC(C)CCNC(=O)Nc1cccc(CN)c1. The van der Waals surface area contributed by atoms with E-state index in [0.717, 1.165) is 17.7 Å². The van der Waals surface area contributed by atoms with E-state index in [9.17, 15) is 4.79 Å². The van der Waals surface area contributed by atoms with Gasteiger partial charge in [0, 0.05) is 18.8 Å². The molecule has 4 N–H and O–H groups in total. The molecule has 4 heteroatoms. The zero-order valence-electron chi connectivity index (χ0n) is 10.5. The van der Waals surface area contributed by atoms with Gasteiger partial charge in [0.15, 0.2) is 0 Å². The summed E-state index contributed by atoms with van der Waals surface area (Å²) in [5.74, 6) is 0.593. The predicted molar refractivity (Wildman–Crippen MR) is 70.8 cm³/mol. The number of anilines is 1. The first-order valence-electron chi connectivity index (χ1n) is 5.95. The van der Waals surface area contributed by atoms with E-state index < -0.39 is 0 Å². The van der Waals surface area contributed by atoms with E-state index >= 15 is 0 Å². The number of nitrogens with two attached hydrogens (primary N) is 1. The Labute approximate surface area is 103 Å². The molecule has 0 saturated heterocycles. The van der Waals surface area contributed by atoms with E-state index in [1.807, 2.05) is 24.3 Å². The standard InChI is InChI=1S/C13H21N3O/c1-10(2)6-7-15-13(17)16-12-5-3-4-11(8-12)9-14/h3-5,8,10H,6-7,9,14H2,1-2H3,(H2,15,16,17). The number of benzene rings is 1. The van der Waals surface area contributed by atoms with Crippen molar-refractivity contribution in [3.63, 3.8) is 0 Å². The Bertz CT molecular complexity index is 363. The topological polar surface area (TPSA) is 67.2 Å². The maximum absolute atomic E-state index is 11.5. The van der Waals surface area contributed by atoms with E-state index in [-0.39, 0.29) is 6.03 Å². The van der Waals surface area contributed by atoms with Crippen LogP contribution in [0.5, 0.6) is 0 Å². The molecule has 4 nitrogen and oxygen atoms in total. The Morgan fingerprint density at radius 1 is 1.41 bits per heavy atom. The van der Waals surface area contributed by atoms with Gasteiger partial charge in [-0.3, -0.25) is 0 Å². The van der Waals surface area contributed by atoms with Crippen LogP contribution in [0.1, 0.15) is 25.8 Å². The fraction of sp³-hybridized carbons (Fsp3) is 0.462. The molecule has 0 unspecified atom stereocenters. The molecule has 17 heavy (non-hydrogen) atoms. The second-order valence-electron chi connectivity index (χ2n) is 4.47. The lowest BCUT2D eigenvalue weighted by Gasteiger charge is -2.09. The van der Waals surface area contributed by atoms with Gasteiger partial charge in [0.2, 0.25) is 0 Å². The van der Waals surface area contributed by atoms with Crippen LogP contribution >= 0.6 is 0 Å². The molecule has 1 aromatic carbocycles. The molecule has 0 radical (unpaired) electrons. The summed E-state index contributed by atoms with van der Waals surface area (Å²) in [5.41, 5.74) is 7.31. The van der Waals surface area contributed by atoms with Crippen LogP contribution in [0.25, 0.3) is 0 Å². The van der Waals surface area contributed by atoms with Crippen molar-refractivity contribution in [1.29, 1.82) is 0 Å². The maximum Gasteiger partial charge on any atom is 0.319 e. The normalized spacial score (nSPS) is 10.4. The smallest absolute Gasteiger partial charge is 0.319 e. The van der Waals surface area contributed by atoms with Crippen molar-refractivity contribution in [2.75, 3.05) is 11.9 Å². The van der Waals surface area contributed by atoms with Crippen LogP contribution in [-0.4, -0.2) is 12.6 Å². The fourth-order valence-corrected chi connectivity index (χ4v) is 1.43. The number of carbonyl (C=O) groups is 1. The molecule has 0 spiro atoms. The minimum atomic E-state index is -0.167. The van der Waals surface area contributed by atoms with E-state index in [2.05, 4.69) is 24.5 Å². The van der Waals surface area contributed by atoms with Crippen LogP contribution in [0, 0.1) is 5.92 Å². The third-order valence-electron chi connectivity index (χ3n) is 2.43. The average Bonchev–Trinajstić information content (AvgIpc) is 2.28. The second-order valence-corrected chi connectivity index (χ2v) is 4.47. The summed E-state index contributed by atoms with van der Waals surface area (Å²) in [4.78, 5) is 11.5. The van der Waals surface area contributed by atoms with Crippen molar-refractivity contribution in [2.24, 2.45) is 11.7 Å². The van der Waals surface area contributed by atoms with Crippen LogP contribution < -0.4 is 16.4 Å². The molecule has 0 heterocycles. The van der Waals surface area contributed by atoms with Crippen molar-refractivity contribution in [1.82, 2.24) is 5.32 Å². The number of nitrogens with one attached hydrogen (secondary N) is 2. The number of hydrogen-bond acceptors (Lipinski definition) is 2. The van der Waals surface area contributed by atoms with Crippen molar-refractivity contribution < 1.29 is 4.79 Å². The zero-order valence-corrected chi connectivity index (χ0v) is 10.5. The van der Waals surface area contributed by atoms with E-state index in [1.165, 1.54) is 0 Å².